The molecule has 37 heavy (non-hydrogen) atoms. The Labute approximate surface area is 225 Å². The molecule has 3 N–H and O–H groups in total. The molecule has 0 saturated carbocycles. The van der Waals surface area contributed by atoms with Crippen LogP contribution in [0.15, 0.2) is 18.2 Å². The molecule has 0 bridgehead atoms. The topological polar surface area (TPSA) is 89.1 Å². The molecule has 7 heteroatoms. The van der Waals surface area contributed by atoms with E-state index in [0.29, 0.717) is 43.8 Å². The summed E-state index contributed by atoms with van der Waals surface area (Å²) in [5, 5.41) is 17.4. The number of hydrogen-bond acceptors (Lipinski definition) is 6. The molecule has 2 unspecified atom stereocenters. The highest BCUT2D eigenvalue weighted by Crippen LogP contribution is 2.32. The number of benzene rings is 1. The Bertz CT molecular complexity index is 846. The van der Waals surface area contributed by atoms with Gasteiger partial charge in [-0.05, 0) is 68.7 Å². The minimum atomic E-state index is -0.641. The number of carbonyl (C=O) groups excluding carboxylic acids is 1. The zero-order chi connectivity index (χ0) is 27.8. The van der Waals surface area contributed by atoms with Gasteiger partial charge in [-0.2, -0.15) is 0 Å². The lowest BCUT2D eigenvalue weighted by Gasteiger charge is -2.32. The maximum atomic E-state index is 12.7. The van der Waals surface area contributed by atoms with Crippen LogP contribution in [-0.2, 0) is 16.0 Å². The molecule has 0 aliphatic carbocycles. The lowest BCUT2D eigenvalue weighted by Crippen LogP contribution is -2.44. The number of methoxy groups -OCH3 is 2. The largest absolute Gasteiger partial charge is 0.493 e. The molecule has 0 saturated heterocycles. The third kappa shape index (κ3) is 11.8. The molecular weight excluding hydrogens is 468 g/mol. The first-order valence-electron chi connectivity index (χ1n) is 13.5. The highest BCUT2D eigenvalue weighted by Gasteiger charge is 2.30. The van der Waals surface area contributed by atoms with Gasteiger partial charge in [0.2, 0.25) is 5.91 Å². The van der Waals surface area contributed by atoms with Gasteiger partial charge in [0.05, 0.1) is 26.4 Å². The summed E-state index contributed by atoms with van der Waals surface area (Å²) in [6.45, 7) is 11.8. The zero-order valence-electron chi connectivity index (χ0n) is 24.2. The molecule has 1 aromatic rings. The maximum absolute atomic E-state index is 12.7. The van der Waals surface area contributed by atoms with Crippen LogP contribution in [-0.4, -0.2) is 64.2 Å². The Hall–Kier alpha value is -2.27. The van der Waals surface area contributed by atoms with Gasteiger partial charge in [-0.25, -0.2) is 0 Å². The Morgan fingerprint density at radius 2 is 1.78 bits per heavy atom. The zero-order valence-corrected chi connectivity index (χ0v) is 24.2. The summed E-state index contributed by atoms with van der Waals surface area (Å²) in [6.07, 6.45) is 2.21. The molecule has 1 rings (SSSR count). The number of nitrogens with one attached hydrogen (secondary N) is 2. The van der Waals surface area contributed by atoms with Crippen molar-refractivity contribution in [3.63, 3.8) is 0 Å². The molecule has 1 amide bonds. The van der Waals surface area contributed by atoms with Gasteiger partial charge < -0.3 is 30.0 Å². The standard InChI is InChI=1S/C30H50N2O5/c1-9-10-14-32-30(34)25(22(4)5)20-27(33)26(31-6)19-24(21(2)3)17-23-12-13-28(36-8)29(18-23)37-16-11-15-35-7/h12-13,18,21-22,24-27,31,33H,11,14-17,19-20H2,1-8H3,(H,32,34)/t24?,25-,26-,27?/m0/s1. The van der Waals surface area contributed by atoms with E-state index < -0.39 is 6.10 Å². The van der Waals surface area contributed by atoms with Crippen molar-refractivity contribution in [1.82, 2.24) is 10.6 Å². The summed E-state index contributed by atoms with van der Waals surface area (Å²) in [7, 11) is 5.21. The number of aliphatic hydroxyl groups excluding tert-OH is 1. The molecule has 0 spiro atoms. The molecule has 0 aliphatic heterocycles. The van der Waals surface area contributed by atoms with Crippen LogP contribution in [0.1, 0.15) is 59.4 Å². The number of hydrogen-bond donors (Lipinski definition) is 3. The van der Waals surface area contributed by atoms with Crippen LogP contribution in [0.2, 0.25) is 0 Å². The van der Waals surface area contributed by atoms with E-state index in [0.717, 1.165) is 25.0 Å². The van der Waals surface area contributed by atoms with E-state index in [1.165, 1.54) is 5.56 Å². The molecule has 0 aliphatic rings. The van der Waals surface area contributed by atoms with Gasteiger partial charge in [0.1, 0.15) is 0 Å². The van der Waals surface area contributed by atoms with E-state index in [9.17, 15) is 9.90 Å². The van der Waals surface area contributed by atoms with Crippen molar-refractivity contribution in [2.75, 3.05) is 41.0 Å². The third-order valence-corrected chi connectivity index (χ3v) is 6.98. The van der Waals surface area contributed by atoms with Crippen LogP contribution in [0, 0.1) is 35.5 Å². The molecule has 0 heterocycles. The molecule has 0 radical (unpaired) electrons. The minimum Gasteiger partial charge on any atom is -0.493 e. The van der Waals surface area contributed by atoms with E-state index in [-0.39, 0.29) is 23.8 Å². The van der Waals surface area contributed by atoms with E-state index in [2.05, 4.69) is 48.5 Å². The summed E-state index contributed by atoms with van der Waals surface area (Å²) in [4.78, 5) is 12.7. The van der Waals surface area contributed by atoms with Crippen LogP contribution in [0.3, 0.4) is 0 Å². The van der Waals surface area contributed by atoms with Crippen LogP contribution >= 0.6 is 0 Å². The van der Waals surface area contributed by atoms with E-state index in [1.54, 1.807) is 21.1 Å². The first-order valence-corrected chi connectivity index (χ1v) is 13.5. The molecule has 1 aromatic carbocycles. The second-order valence-electron chi connectivity index (χ2n) is 10.3. The first-order chi connectivity index (χ1) is 17.7. The summed E-state index contributed by atoms with van der Waals surface area (Å²) in [5.74, 6) is 7.64. The number of amides is 1. The summed E-state index contributed by atoms with van der Waals surface area (Å²) in [5.41, 5.74) is 1.17. The van der Waals surface area contributed by atoms with Gasteiger partial charge in [0.25, 0.3) is 0 Å². The Balaban J connectivity index is 2.93. The summed E-state index contributed by atoms with van der Waals surface area (Å²) < 4.78 is 16.6. The van der Waals surface area contributed by atoms with E-state index >= 15 is 0 Å². The number of aliphatic hydroxyl groups is 1. The van der Waals surface area contributed by atoms with Gasteiger partial charge in [0, 0.05) is 32.1 Å². The fraction of sp³-hybridized carbons (Fsp3) is 0.700. The fourth-order valence-electron chi connectivity index (χ4n) is 4.49. The number of rotatable bonds is 18. The quantitative estimate of drug-likeness (QED) is 0.201. The van der Waals surface area contributed by atoms with Gasteiger partial charge in [-0.15, -0.1) is 5.92 Å². The van der Waals surface area contributed by atoms with E-state index in [1.807, 2.05) is 27.0 Å². The predicted octanol–water partition coefficient (Wildman–Crippen LogP) is 4.07. The van der Waals surface area contributed by atoms with Crippen LogP contribution < -0.4 is 20.1 Å². The molecule has 0 fully saturated rings. The van der Waals surface area contributed by atoms with Crippen LogP contribution in [0.25, 0.3) is 0 Å². The monoisotopic (exact) mass is 518 g/mol. The highest BCUT2D eigenvalue weighted by molar-refractivity contribution is 5.79. The summed E-state index contributed by atoms with van der Waals surface area (Å²) >= 11 is 0. The van der Waals surface area contributed by atoms with Crippen molar-refractivity contribution < 1.29 is 24.1 Å². The SMILES string of the molecule is CC#CCNC(=O)[C@@H](CC(O)[C@H](CC(Cc1ccc(OC)c(OCCCOC)c1)C(C)C)NC)C(C)C. The lowest BCUT2D eigenvalue weighted by molar-refractivity contribution is -0.127. The van der Waals surface area contributed by atoms with Gasteiger partial charge >= 0.3 is 0 Å². The van der Waals surface area contributed by atoms with Crippen molar-refractivity contribution in [1.29, 1.82) is 0 Å². The Kier molecular flexibility index (Phi) is 16.0. The molecular formula is C30H50N2O5. The van der Waals surface area contributed by atoms with Crippen LogP contribution in [0.4, 0.5) is 0 Å². The summed E-state index contributed by atoms with van der Waals surface area (Å²) in [6, 6.07) is 5.97. The van der Waals surface area contributed by atoms with Crippen molar-refractivity contribution in [2.45, 2.75) is 72.4 Å². The number of carbonyl (C=O) groups is 1. The van der Waals surface area contributed by atoms with E-state index in [4.69, 9.17) is 14.2 Å². The molecule has 7 nitrogen and oxygen atoms in total. The second kappa shape index (κ2) is 18.1. The average molecular weight is 519 g/mol. The van der Waals surface area contributed by atoms with Gasteiger partial charge in [0.15, 0.2) is 11.5 Å². The lowest BCUT2D eigenvalue weighted by atomic mass is 9.80. The normalized spacial score (nSPS) is 14.5. The average Bonchev–Trinajstić information content (AvgIpc) is 2.87. The highest BCUT2D eigenvalue weighted by atomic mass is 16.5. The van der Waals surface area contributed by atoms with Crippen LogP contribution in [0.5, 0.6) is 11.5 Å². The number of ether oxygens (including phenoxy) is 3. The molecule has 4 atom stereocenters. The van der Waals surface area contributed by atoms with Gasteiger partial charge in [-0.1, -0.05) is 39.7 Å². The minimum absolute atomic E-state index is 0.0525. The van der Waals surface area contributed by atoms with Crippen molar-refractivity contribution in [3.8, 4) is 23.3 Å². The van der Waals surface area contributed by atoms with Crippen molar-refractivity contribution in [3.05, 3.63) is 23.8 Å². The first kappa shape index (κ1) is 32.8. The number of likely N-dealkylation sites (N-methyl/N-ethyl adjacent to an activating group) is 1. The predicted molar refractivity (Wildman–Crippen MR) is 150 cm³/mol. The maximum Gasteiger partial charge on any atom is 0.224 e. The Morgan fingerprint density at radius 1 is 1.05 bits per heavy atom. The molecule has 210 valence electrons. The van der Waals surface area contributed by atoms with Crippen molar-refractivity contribution >= 4 is 5.91 Å². The van der Waals surface area contributed by atoms with Crippen molar-refractivity contribution in [2.24, 2.45) is 23.7 Å². The van der Waals surface area contributed by atoms with Gasteiger partial charge in [-0.3, -0.25) is 4.79 Å². The Morgan fingerprint density at radius 3 is 2.35 bits per heavy atom. The smallest absolute Gasteiger partial charge is 0.224 e. The molecule has 0 aromatic heterocycles. The second-order valence-corrected chi connectivity index (χ2v) is 10.3. The fourth-order valence-corrected chi connectivity index (χ4v) is 4.49. The third-order valence-electron chi connectivity index (χ3n) is 6.98.